The number of nitrogens with one attached hydrogen (secondary N) is 1. The topological polar surface area (TPSA) is 32.3 Å². The largest absolute Gasteiger partial charge is 0.333 e. The maximum Gasteiger partial charge on any atom is 0.254 e. The molecule has 3 rings (SSSR count). The molecule has 0 spiro atoms. The minimum Gasteiger partial charge on any atom is -0.333 e. The fraction of sp³-hybridized carbons (Fsp3) is 0.357. The van der Waals surface area contributed by atoms with Gasteiger partial charge in [0.15, 0.2) is 0 Å². The van der Waals surface area contributed by atoms with E-state index in [0.29, 0.717) is 0 Å². The van der Waals surface area contributed by atoms with Gasteiger partial charge in [0.25, 0.3) is 5.91 Å². The summed E-state index contributed by atoms with van der Waals surface area (Å²) in [6.45, 7) is 4.65. The maximum absolute atomic E-state index is 12.5. The molecule has 18 heavy (non-hydrogen) atoms. The van der Waals surface area contributed by atoms with E-state index in [0.717, 1.165) is 30.6 Å². The van der Waals surface area contributed by atoms with Gasteiger partial charge in [-0.1, -0.05) is 0 Å². The van der Waals surface area contributed by atoms with Crippen molar-refractivity contribution in [2.24, 2.45) is 0 Å². The van der Waals surface area contributed by atoms with Gasteiger partial charge in [0, 0.05) is 35.9 Å². The lowest BCUT2D eigenvalue weighted by atomic mass is 10.1. The second-order valence-electron chi connectivity index (χ2n) is 4.72. The molecule has 1 aliphatic rings. The van der Waals surface area contributed by atoms with Crippen LogP contribution >= 0.6 is 11.3 Å². The molecule has 0 bridgehead atoms. The first-order chi connectivity index (χ1) is 8.75. The zero-order valence-corrected chi connectivity index (χ0v) is 11.2. The van der Waals surface area contributed by atoms with E-state index >= 15 is 0 Å². The summed E-state index contributed by atoms with van der Waals surface area (Å²) in [5, 5.41) is 6.53. The fourth-order valence-electron chi connectivity index (χ4n) is 2.41. The van der Waals surface area contributed by atoms with Crippen molar-refractivity contribution in [3.8, 4) is 0 Å². The summed E-state index contributed by atoms with van der Waals surface area (Å²) < 4.78 is 1.24. The highest BCUT2D eigenvalue weighted by molar-refractivity contribution is 7.17. The molecule has 2 aromatic rings. The Balaban J connectivity index is 1.90. The number of piperazine rings is 1. The van der Waals surface area contributed by atoms with Gasteiger partial charge in [-0.05, 0) is 42.0 Å². The number of thiophene rings is 1. The van der Waals surface area contributed by atoms with Crippen molar-refractivity contribution in [1.82, 2.24) is 10.2 Å². The zero-order chi connectivity index (χ0) is 12.5. The molecule has 1 aromatic carbocycles. The predicted octanol–water partition coefficient (Wildman–Crippen LogP) is 2.34. The highest BCUT2D eigenvalue weighted by Crippen LogP contribution is 2.22. The molecule has 1 atom stereocenters. The number of amides is 1. The van der Waals surface area contributed by atoms with Gasteiger partial charge in [-0.15, -0.1) is 11.3 Å². The van der Waals surface area contributed by atoms with Gasteiger partial charge >= 0.3 is 0 Å². The molecule has 1 N–H and O–H groups in total. The number of fused-ring (bicyclic) bond motifs is 1. The van der Waals surface area contributed by atoms with Crippen LogP contribution in [0.3, 0.4) is 0 Å². The first-order valence-electron chi connectivity index (χ1n) is 6.24. The number of carbonyl (C=O) groups is 1. The maximum atomic E-state index is 12.5. The van der Waals surface area contributed by atoms with Crippen LogP contribution in [0.15, 0.2) is 29.6 Å². The first-order valence-corrected chi connectivity index (χ1v) is 7.12. The van der Waals surface area contributed by atoms with Crippen LogP contribution in [0.2, 0.25) is 0 Å². The quantitative estimate of drug-likeness (QED) is 0.853. The van der Waals surface area contributed by atoms with Gasteiger partial charge in [0.2, 0.25) is 0 Å². The Morgan fingerprint density at radius 1 is 1.44 bits per heavy atom. The van der Waals surface area contributed by atoms with E-state index in [1.54, 1.807) is 11.3 Å². The third kappa shape index (κ3) is 2.02. The number of benzene rings is 1. The van der Waals surface area contributed by atoms with E-state index < -0.39 is 0 Å². The van der Waals surface area contributed by atoms with E-state index in [-0.39, 0.29) is 11.9 Å². The highest BCUT2D eigenvalue weighted by Gasteiger charge is 2.23. The molecule has 1 fully saturated rings. The molecule has 1 amide bonds. The molecule has 1 saturated heterocycles. The number of carbonyl (C=O) groups excluding carboxylic acids is 1. The minimum atomic E-state index is 0.150. The second-order valence-corrected chi connectivity index (χ2v) is 5.67. The third-order valence-corrected chi connectivity index (χ3v) is 4.36. The van der Waals surface area contributed by atoms with Gasteiger partial charge in [-0.25, -0.2) is 0 Å². The van der Waals surface area contributed by atoms with Crippen LogP contribution in [0.5, 0.6) is 0 Å². The predicted molar refractivity (Wildman–Crippen MR) is 75.2 cm³/mol. The van der Waals surface area contributed by atoms with Gasteiger partial charge in [0.1, 0.15) is 0 Å². The molecule has 3 nitrogen and oxygen atoms in total. The van der Waals surface area contributed by atoms with Crippen LogP contribution < -0.4 is 5.32 Å². The van der Waals surface area contributed by atoms with Crippen molar-refractivity contribution >= 4 is 27.3 Å². The Morgan fingerprint density at radius 3 is 3.17 bits per heavy atom. The Kier molecular flexibility index (Phi) is 3.06. The number of hydrogen-bond acceptors (Lipinski definition) is 3. The number of nitrogens with zero attached hydrogens (tertiary/aromatic N) is 1. The lowest BCUT2D eigenvalue weighted by Crippen LogP contribution is -2.52. The molecule has 94 valence electrons. The lowest BCUT2D eigenvalue weighted by Gasteiger charge is -2.34. The standard InChI is InChI=1S/C14H16N2OS/c1-10-9-15-5-6-16(10)14(17)12-2-3-13-11(8-12)4-7-18-13/h2-4,7-8,10,15H,5-6,9H2,1H3/t10-/m0/s1. The minimum absolute atomic E-state index is 0.150. The normalized spacial score (nSPS) is 20.3. The summed E-state index contributed by atoms with van der Waals surface area (Å²) in [6.07, 6.45) is 0. The van der Waals surface area contributed by atoms with Crippen LogP contribution in [0.25, 0.3) is 10.1 Å². The summed E-state index contributed by atoms with van der Waals surface area (Å²) in [5.74, 6) is 0.150. The average molecular weight is 260 g/mol. The van der Waals surface area contributed by atoms with Gasteiger partial charge in [-0.3, -0.25) is 4.79 Å². The van der Waals surface area contributed by atoms with Crippen molar-refractivity contribution < 1.29 is 4.79 Å². The zero-order valence-electron chi connectivity index (χ0n) is 10.3. The van der Waals surface area contributed by atoms with Crippen LogP contribution in [-0.2, 0) is 0 Å². The Hall–Kier alpha value is -1.39. The van der Waals surface area contributed by atoms with Crippen LogP contribution in [0, 0.1) is 0 Å². The number of hydrogen-bond donors (Lipinski definition) is 1. The summed E-state index contributed by atoms with van der Waals surface area (Å²) in [7, 11) is 0. The average Bonchev–Trinajstić information content (AvgIpc) is 2.85. The lowest BCUT2D eigenvalue weighted by molar-refractivity contribution is 0.0656. The summed E-state index contributed by atoms with van der Waals surface area (Å²) in [4.78, 5) is 14.4. The van der Waals surface area contributed by atoms with Crippen molar-refractivity contribution in [1.29, 1.82) is 0 Å². The Morgan fingerprint density at radius 2 is 2.33 bits per heavy atom. The van der Waals surface area contributed by atoms with Crippen LogP contribution in [-0.4, -0.2) is 36.5 Å². The van der Waals surface area contributed by atoms with Crippen molar-refractivity contribution in [2.45, 2.75) is 13.0 Å². The van der Waals surface area contributed by atoms with Crippen molar-refractivity contribution in [3.05, 3.63) is 35.2 Å². The molecule has 0 radical (unpaired) electrons. The Labute approximate surface area is 110 Å². The van der Waals surface area contributed by atoms with Crippen molar-refractivity contribution in [3.63, 3.8) is 0 Å². The van der Waals surface area contributed by atoms with Crippen molar-refractivity contribution in [2.75, 3.05) is 19.6 Å². The molecular formula is C14H16N2OS. The number of rotatable bonds is 1. The first kappa shape index (κ1) is 11.7. The molecule has 1 aliphatic heterocycles. The van der Waals surface area contributed by atoms with E-state index in [1.807, 2.05) is 23.1 Å². The smallest absolute Gasteiger partial charge is 0.254 e. The fourth-order valence-corrected chi connectivity index (χ4v) is 3.18. The summed E-state index contributed by atoms with van der Waals surface area (Å²) in [5.41, 5.74) is 0.801. The molecular weight excluding hydrogens is 244 g/mol. The summed E-state index contributed by atoms with van der Waals surface area (Å²) in [6, 6.07) is 8.32. The van der Waals surface area contributed by atoms with Gasteiger partial charge in [0.05, 0.1) is 0 Å². The molecule has 4 heteroatoms. The van der Waals surface area contributed by atoms with Crippen LogP contribution in [0.1, 0.15) is 17.3 Å². The van der Waals surface area contributed by atoms with E-state index in [1.165, 1.54) is 4.70 Å². The van der Waals surface area contributed by atoms with Gasteiger partial charge in [-0.2, -0.15) is 0 Å². The molecule has 0 aliphatic carbocycles. The summed E-state index contributed by atoms with van der Waals surface area (Å²) >= 11 is 1.71. The van der Waals surface area contributed by atoms with E-state index in [4.69, 9.17) is 0 Å². The van der Waals surface area contributed by atoms with Gasteiger partial charge < -0.3 is 10.2 Å². The SMILES string of the molecule is C[C@H]1CNCCN1C(=O)c1ccc2sccc2c1. The molecule has 0 unspecified atom stereocenters. The van der Waals surface area contributed by atoms with E-state index in [2.05, 4.69) is 23.7 Å². The van der Waals surface area contributed by atoms with Crippen LogP contribution in [0.4, 0.5) is 0 Å². The monoisotopic (exact) mass is 260 g/mol. The van der Waals surface area contributed by atoms with E-state index in [9.17, 15) is 4.79 Å². The second kappa shape index (κ2) is 4.71. The third-order valence-electron chi connectivity index (χ3n) is 3.46. The highest BCUT2D eigenvalue weighted by atomic mass is 32.1. The Bertz CT molecular complexity index is 578. The molecule has 1 aromatic heterocycles. The molecule has 2 heterocycles. The molecule has 0 saturated carbocycles.